The summed E-state index contributed by atoms with van der Waals surface area (Å²) in [6, 6.07) is 19.6. The van der Waals surface area contributed by atoms with Gasteiger partial charge in [-0.1, -0.05) is 60.7 Å². The van der Waals surface area contributed by atoms with E-state index in [1.54, 1.807) is 0 Å². The largest absolute Gasteiger partial charge is 0.361 e. The summed E-state index contributed by atoms with van der Waals surface area (Å²) in [6.07, 6.45) is 0. The lowest BCUT2D eigenvalue weighted by molar-refractivity contribution is 1.12. The molecule has 104 valence electrons. The molecule has 0 unspecified atom stereocenters. The first-order valence-corrected chi connectivity index (χ1v) is 7.03. The third-order valence-corrected chi connectivity index (χ3v) is 3.70. The van der Waals surface area contributed by atoms with Gasteiger partial charge in [-0.15, -0.1) is 0 Å². The summed E-state index contributed by atoms with van der Waals surface area (Å²) in [5.74, 6) is 0. The van der Waals surface area contributed by atoms with Crippen LogP contribution < -0.4 is 5.43 Å². The van der Waals surface area contributed by atoms with Crippen LogP contribution in [0.1, 0.15) is 11.4 Å². The molecular formula is C19H17NO. The number of nitrogens with one attached hydrogen (secondary N) is 1. The molecule has 2 aromatic carbocycles. The normalized spacial score (nSPS) is 10.6. The van der Waals surface area contributed by atoms with Crippen LogP contribution in [0.3, 0.4) is 0 Å². The minimum absolute atomic E-state index is 0.0844. The highest BCUT2D eigenvalue weighted by Gasteiger charge is 2.15. The smallest absolute Gasteiger partial charge is 0.197 e. The Bertz CT molecular complexity index is 751. The number of aryl methyl sites for hydroxylation is 2. The molecule has 1 N–H and O–H groups in total. The van der Waals surface area contributed by atoms with Gasteiger partial charge < -0.3 is 4.98 Å². The number of aromatic amines is 1. The molecule has 21 heavy (non-hydrogen) atoms. The molecule has 0 atom stereocenters. The van der Waals surface area contributed by atoms with Crippen molar-refractivity contribution < 1.29 is 0 Å². The lowest BCUT2D eigenvalue weighted by Gasteiger charge is -2.12. The molecule has 0 aliphatic carbocycles. The zero-order chi connectivity index (χ0) is 14.8. The number of benzene rings is 2. The van der Waals surface area contributed by atoms with E-state index in [2.05, 4.69) is 4.98 Å². The Morgan fingerprint density at radius 1 is 0.667 bits per heavy atom. The summed E-state index contributed by atoms with van der Waals surface area (Å²) in [5.41, 5.74) is 5.30. The van der Waals surface area contributed by atoms with E-state index in [1.807, 2.05) is 74.5 Å². The van der Waals surface area contributed by atoms with E-state index in [0.29, 0.717) is 0 Å². The quantitative estimate of drug-likeness (QED) is 0.742. The third kappa shape index (κ3) is 2.40. The van der Waals surface area contributed by atoms with Gasteiger partial charge in [0.25, 0.3) is 0 Å². The minimum Gasteiger partial charge on any atom is -0.361 e. The number of pyridine rings is 1. The average Bonchev–Trinajstić information content (AvgIpc) is 2.49. The number of H-pyrrole nitrogens is 1. The van der Waals surface area contributed by atoms with Gasteiger partial charge in [-0.25, -0.2) is 0 Å². The Balaban J connectivity index is 2.32. The van der Waals surface area contributed by atoms with Crippen LogP contribution >= 0.6 is 0 Å². The Morgan fingerprint density at radius 2 is 1.05 bits per heavy atom. The van der Waals surface area contributed by atoms with E-state index in [1.165, 1.54) is 0 Å². The summed E-state index contributed by atoms with van der Waals surface area (Å²) in [5, 5.41) is 0. The Hall–Kier alpha value is -2.61. The van der Waals surface area contributed by atoms with Crippen LogP contribution in [0.5, 0.6) is 0 Å². The molecule has 0 aliphatic rings. The molecule has 3 rings (SSSR count). The van der Waals surface area contributed by atoms with E-state index in [-0.39, 0.29) is 5.43 Å². The van der Waals surface area contributed by atoms with Gasteiger partial charge in [-0.05, 0) is 25.0 Å². The molecule has 0 spiro atoms. The van der Waals surface area contributed by atoms with Gasteiger partial charge in [-0.2, -0.15) is 0 Å². The zero-order valence-electron chi connectivity index (χ0n) is 12.2. The van der Waals surface area contributed by atoms with Gasteiger partial charge in [-0.3, -0.25) is 4.79 Å². The van der Waals surface area contributed by atoms with Crippen LogP contribution in [0.15, 0.2) is 65.5 Å². The highest BCUT2D eigenvalue weighted by Crippen LogP contribution is 2.24. The van der Waals surface area contributed by atoms with Crippen molar-refractivity contribution >= 4 is 0 Å². The van der Waals surface area contributed by atoms with Crippen molar-refractivity contribution in [3.63, 3.8) is 0 Å². The second-order valence-corrected chi connectivity index (χ2v) is 5.19. The summed E-state index contributed by atoms with van der Waals surface area (Å²) in [6.45, 7) is 3.90. The molecule has 0 radical (unpaired) electrons. The maximum atomic E-state index is 13.0. The minimum atomic E-state index is 0.0844. The molecule has 2 nitrogen and oxygen atoms in total. The molecule has 0 bridgehead atoms. The van der Waals surface area contributed by atoms with Crippen molar-refractivity contribution in [1.82, 2.24) is 4.98 Å². The van der Waals surface area contributed by atoms with Gasteiger partial charge in [0.2, 0.25) is 0 Å². The van der Waals surface area contributed by atoms with E-state index < -0.39 is 0 Å². The SMILES string of the molecule is Cc1[nH]c(C)c(-c2ccccc2)c(=O)c1-c1ccccc1. The van der Waals surface area contributed by atoms with Crippen molar-refractivity contribution in [3.8, 4) is 22.3 Å². The molecule has 0 aliphatic heterocycles. The molecule has 0 saturated carbocycles. The third-order valence-electron chi connectivity index (χ3n) is 3.70. The zero-order valence-corrected chi connectivity index (χ0v) is 12.2. The van der Waals surface area contributed by atoms with Crippen molar-refractivity contribution in [3.05, 3.63) is 82.3 Å². The molecule has 0 saturated heterocycles. The van der Waals surface area contributed by atoms with Gasteiger partial charge in [0.1, 0.15) is 0 Å². The summed E-state index contributed by atoms with van der Waals surface area (Å²) in [7, 11) is 0. The Kier molecular flexibility index (Phi) is 3.44. The lowest BCUT2D eigenvalue weighted by Crippen LogP contribution is -2.14. The van der Waals surface area contributed by atoms with Crippen LogP contribution in [-0.4, -0.2) is 4.98 Å². The van der Waals surface area contributed by atoms with Crippen LogP contribution in [-0.2, 0) is 0 Å². The first kappa shape index (κ1) is 13.4. The first-order chi connectivity index (χ1) is 10.2. The first-order valence-electron chi connectivity index (χ1n) is 7.03. The second kappa shape index (κ2) is 5.41. The fourth-order valence-corrected chi connectivity index (χ4v) is 2.78. The predicted molar refractivity (Wildman–Crippen MR) is 87.4 cm³/mol. The molecule has 1 heterocycles. The van der Waals surface area contributed by atoms with Crippen LogP contribution in [0.4, 0.5) is 0 Å². The van der Waals surface area contributed by atoms with Crippen molar-refractivity contribution in [2.75, 3.05) is 0 Å². The molecule has 1 aromatic heterocycles. The summed E-state index contributed by atoms with van der Waals surface area (Å²) >= 11 is 0. The molecule has 0 fully saturated rings. The number of hydrogen-bond donors (Lipinski definition) is 1. The number of hydrogen-bond acceptors (Lipinski definition) is 1. The van der Waals surface area contributed by atoms with Crippen LogP contribution in [0.25, 0.3) is 22.3 Å². The van der Waals surface area contributed by atoms with E-state index in [4.69, 9.17) is 0 Å². The topological polar surface area (TPSA) is 32.9 Å². The fraction of sp³-hybridized carbons (Fsp3) is 0.105. The molecule has 0 amide bonds. The summed E-state index contributed by atoms with van der Waals surface area (Å²) in [4.78, 5) is 16.3. The lowest BCUT2D eigenvalue weighted by atomic mass is 9.96. The molecule has 2 heteroatoms. The fourth-order valence-electron chi connectivity index (χ4n) is 2.78. The van der Waals surface area contributed by atoms with E-state index in [9.17, 15) is 4.79 Å². The Morgan fingerprint density at radius 3 is 1.43 bits per heavy atom. The van der Waals surface area contributed by atoms with Crippen molar-refractivity contribution in [2.45, 2.75) is 13.8 Å². The van der Waals surface area contributed by atoms with Gasteiger partial charge in [0, 0.05) is 22.5 Å². The van der Waals surface area contributed by atoms with E-state index in [0.717, 1.165) is 33.6 Å². The monoisotopic (exact) mass is 275 g/mol. The van der Waals surface area contributed by atoms with Gasteiger partial charge >= 0.3 is 0 Å². The summed E-state index contributed by atoms with van der Waals surface area (Å²) < 4.78 is 0. The van der Waals surface area contributed by atoms with Crippen LogP contribution in [0, 0.1) is 13.8 Å². The predicted octanol–water partition coefficient (Wildman–Crippen LogP) is 4.33. The van der Waals surface area contributed by atoms with Gasteiger partial charge in [0.05, 0.1) is 0 Å². The Labute approximate surface area is 124 Å². The van der Waals surface area contributed by atoms with E-state index >= 15 is 0 Å². The second-order valence-electron chi connectivity index (χ2n) is 5.19. The van der Waals surface area contributed by atoms with Crippen molar-refractivity contribution in [1.29, 1.82) is 0 Å². The molecule has 3 aromatic rings. The average molecular weight is 275 g/mol. The standard InChI is InChI=1S/C19H17NO/c1-13-17(15-9-5-3-6-10-15)19(21)18(14(2)20-13)16-11-7-4-8-12-16/h3-12H,1-2H3,(H,20,21). The molecular weight excluding hydrogens is 258 g/mol. The maximum absolute atomic E-state index is 13.0. The number of rotatable bonds is 2. The number of aromatic nitrogens is 1. The van der Waals surface area contributed by atoms with Crippen LogP contribution in [0.2, 0.25) is 0 Å². The maximum Gasteiger partial charge on any atom is 0.197 e. The highest BCUT2D eigenvalue weighted by molar-refractivity contribution is 5.75. The van der Waals surface area contributed by atoms with Gasteiger partial charge in [0.15, 0.2) is 5.43 Å². The van der Waals surface area contributed by atoms with Crippen molar-refractivity contribution in [2.24, 2.45) is 0 Å². The highest BCUT2D eigenvalue weighted by atomic mass is 16.1.